The van der Waals surface area contributed by atoms with Gasteiger partial charge in [0.15, 0.2) is 11.6 Å². The van der Waals surface area contributed by atoms with Crippen molar-refractivity contribution < 1.29 is 13.6 Å². The Hall–Kier alpha value is -2.24. The SMILES string of the molecule is Cc1cc(N(C)CC(=O)NC(C)(C)C)c2ccc(F)c(F)c2n1. The van der Waals surface area contributed by atoms with Crippen molar-refractivity contribution in [2.45, 2.75) is 33.2 Å². The molecule has 0 atom stereocenters. The fourth-order valence-electron chi connectivity index (χ4n) is 2.41. The van der Waals surface area contributed by atoms with Gasteiger partial charge in [0, 0.05) is 29.4 Å². The third-order valence-corrected chi connectivity index (χ3v) is 3.29. The van der Waals surface area contributed by atoms with Crippen LogP contribution in [0, 0.1) is 18.6 Å². The van der Waals surface area contributed by atoms with Gasteiger partial charge in [-0.25, -0.2) is 13.8 Å². The second-order valence-corrected chi connectivity index (χ2v) is 6.69. The molecule has 1 amide bonds. The molecule has 2 rings (SSSR count). The highest BCUT2D eigenvalue weighted by Crippen LogP contribution is 2.28. The molecule has 4 nitrogen and oxygen atoms in total. The highest BCUT2D eigenvalue weighted by Gasteiger charge is 2.18. The molecule has 0 fully saturated rings. The van der Waals surface area contributed by atoms with Gasteiger partial charge in [0.25, 0.3) is 0 Å². The van der Waals surface area contributed by atoms with Crippen molar-refractivity contribution in [2.24, 2.45) is 0 Å². The van der Waals surface area contributed by atoms with E-state index in [2.05, 4.69) is 10.3 Å². The summed E-state index contributed by atoms with van der Waals surface area (Å²) in [7, 11) is 1.73. The Labute approximate surface area is 134 Å². The van der Waals surface area contributed by atoms with Crippen molar-refractivity contribution in [2.75, 3.05) is 18.5 Å². The lowest BCUT2D eigenvalue weighted by Gasteiger charge is -2.25. The third-order valence-electron chi connectivity index (χ3n) is 3.29. The number of hydrogen-bond donors (Lipinski definition) is 1. The lowest BCUT2D eigenvalue weighted by Crippen LogP contribution is -2.45. The van der Waals surface area contributed by atoms with E-state index in [0.717, 1.165) is 6.07 Å². The first-order valence-corrected chi connectivity index (χ1v) is 7.36. The summed E-state index contributed by atoms with van der Waals surface area (Å²) in [6.45, 7) is 7.50. The number of carbonyl (C=O) groups excluding carboxylic acids is 1. The van der Waals surface area contributed by atoms with E-state index in [1.165, 1.54) is 6.07 Å². The summed E-state index contributed by atoms with van der Waals surface area (Å²) in [4.78, 5) is 17.9. The molecule has 2 aromatic rings. The van der Waals surface area contributed by atoms with Gasteiger partial charge in [-0.15, -0.1) is 0 Å². The number of aryl methyl sites for hydroxylation is 1. The molecular formula is C17H21F2N3O. The second-order valence-electron chi connectivity index (χ2n) is 6.69. The molecule has 1 N–H and O–H groups in total. The van der Waals surface area contributed by atoms with Gasteiger partial charge in [0.2, 0.25) is 5.91 Å². The number of hydrogen-bond acceptors (Lipinski definition) is 3. The number of pyridine rings is 1. The van der Waals surface area contributed by atoms with E-state index >= 15 is 0 Å². The van der Waals surface area contributed by atoms with Crippen LogP contribution < -0.4 is 10.2 Å². The number of likely N-dealkylation sites (N-methyl/N-ethyl adjacent to an activating group) is 1. The summed E-state index contributed by atoms with van der Waals surface area (Å²) in [5.41, 5.74) is 0.835. The Balaban J connectivity index is 2.39. The zero-order valence-electron chi connectivity index (χ0n) is 14.0. The van der Waals surface area contributed by atoms with E-state index < -0.39 is 11.6 Å². The number of nitrogens with one attached hydrogen (secondary N) is 1. The maximum absolute atomic E-state index is 14.0. The smallest absolute Gasteiger partial charge is 0.239 e. The highest BCUT2D eigenvalue weighted by atomic mass is 19.2. The van der Waals surface area contributed by atoms with Gasteiger partial charge in [-0.05, 0) is 45.9 Å². The molecule has 0 aliphatic heterocycles. The number of rotatable bonds is 3. The maximum Gasteiger partial charge on any atom is 0.239 e. The normalized spacial score (nSPS) is 11.6. The topological polar surface area (TPSA) is 45.2 Å². The summed E-state index contributed by atoms with van der Waals surface area (Å²) < 4.78 is 27.4. The molecule has 1 aromatic carbocycles. The third kappa shape index (κ3) is 3.94. The van der Waals surface area contributed by atoms with E-state index in [-0.39, 0.29) is 23.5 Å². The standard InChI is InChI=1S/C17H21F2N3O/c1-10-8-13(22(5)9-14(23)21-17(2,3)4)11-6-7-12(18)15(19)16(11)20-10/h6-8H,9H2,1-5H3,(H,21,23). The minimum absolute atomic E-state index is 0.0249. The molecule has 0 saturated heterocycles. The molecule has 0 radical (unpaired) electrons. The number of carbonyl (C=O) groups is 1. The molecule has 0 spiro atoms. The predicted molar refractivity (Wildman–Crippen MR) is 87.6 cm³/mol. The van der Waals surface area contributed by atoms with Gasteiger partial charge >= 0.3 is 0 Å². The van der Waals surface area contributed by atoms with Crippen LogP contribution in [0.1, 0.15) is 26.5 Å². The number of halogens is 2. The van der Waals surface area contributed by atoms with Crippen molar-refractivity contribution in [3.05, 3.63) is 35.5 Å². The number of benzene rings is 1. The molecular weight excluding hydrogens is 300 g/mol. The zero-order chi connectivity index (χ0) is 17.4. The summed E-state index contributed by atoms with van der Waals surface area (Å²) in [6.07, 6.45) is 0. The Kier molecular flexibility index (Phi) is 4.54. The first kappa shape index (κ1) is 17.1. The van der Waals surface area contributed by atoms with Crippen molar-refractivity contribution >= 4 is 22.5 Å². The van der Waals surface area contributed by atoms with Gasteiger partial charge in [-0.1, -0.05) is 0 Å². The lowest BCUT2D eigenvalue weighted by molar-refractivity contribution is -0.121. The van der Waals surface area contributed by atoms with Crippen LogP contribution in [-0.4, -0.2) is 30.0 Å². The van der Waals surface area contributed by atoms with Crippen LogP contribution >= 0.6 is 0 Å². The Morgan fingerprint density at radius 3 is 2.57 bits per heavy atom. The van der Waals surface area contributed by atoms with E-state index in [1.54, 1.807) is 24.9 Å². The Morgan fingerprint density at radius 2 is 1.96 bits per heavy atom. The average molecular weight is 321 g/mol. The van der Waals surface area contributed by atoms with Gasteiger partial charge in [-0.2, -0.15) is 0 Å². The van der Waals surface area contributed by atoms with Gasteiger partial charge < -0.3 is 10.2 Å². The van der Waals surface area contributed by atoms with Crippen molar-refractivity contribution in [3.8, 4) is 0 Å². The van der Waals surface area contributed by atoms with Crippen LogP contribution in [0.25, 0.3) is 10.9 Å². The van der Waals surface area contributed by atoms with Crippen molar-refractivity contribution in [1.82, 2.24) is 10.3 Å². The Bertz CT molecular complexity index is 754. The van der Waals surface area contributed by atoms with Crippen LogP contribution in [0.2, 0.25) is 0 Å². The van der Waals surface area contributed by atoms with Crippen molar-refractivity contribution in [3.63, 3.8) is 0 Å². The van der Waals surface area contributed by atoms with Gasteiger partial charge in [-0.3, -0.25) is 4.79 Å². The monoisotopic (exact) mass is 321 g/mol. The lowest BCUT2D eigenvalue weighted by atomic mass is 10.1. The molecule has 0 unspecified atom stereocenters. The fraction of sp³-hybridized carbons (Fsp3) is 0.412. The minimum Gasteiger partial charge on any atom is -0.365 e. The molecule has 0 bridgehead atoms. The van der Waals surface area contributed by atoms with E-state index in [9.17, 15) is 13.6 Å². The van der Waals surface area contributed by atoms with Crippen molar-refractivity contribution in [1.29, 1.82) is 0 Å². The van der Waals surface area contributed by atoms with Crippen LogP contribution in [0.3, 0.4) is 0 Å². The van der Waals surface area contributed by atoms with Crippen LogP contribution in [0.5, 0.6) is 0 Å². The molecule has 23 heavy (non-hydrogen) atoms. The van der Waals surface area contributed by atoms with Gasteiger partial charge in [0.05, 0.1) is 6.54 Å². The number of nitrogens with zero attached hydrogens (tertiary/aromatic N) is 2. The summed E-state index contributed by atoms with van der Waals surface area (Å²) in [5.74, 6) is -2.06. The second kappa shape index (κ2) is 6.10. The number of anilines is 1. The molecule has 0 saturated carbocycles. The summed E-state index contributed by atoms with van der Waals surface area (Å²) >= 11 is 0. The molecule has 0 aliphatic carbocycles. The molecule has 6 heteroatoms. The summed E-state index contributed by atoms with van der Waals surface area (Å²) in [6, 6.07) is 4.30. The molecule has 1 heterocycles. The average Bonchev–Trinajstić information content (AvgIpc) is 2.40. The molecule has 1 aromatic heterocycles. The van der Waals surface area contributed by atoms with E-state index in [4.69, 9.17) is 0 Å². The van der Waals surface area contributed by atoms with Gasteiger partial charge in [0.1, 0.15) is 5.52 Å². The first-order chi connectivity index (χ1) is 10.6. The molecule has 124 valence electrons. The minimum atomic E-state index is -0.972. The number of fused-ring (bicyclic) bond motifs is 1. The number of aromatic nitrogens is 1. The van der Waals surface area contributed by atoms with Crippen LogP contribution in [-0.2, 0) is 4.79 Å². The maximum atomic E-state index is 14.0. The predicted octanol–water partition coefficient (Wildman–Crippen LogP) is 3.17. The first-order valence-electron chi connectivity index (χ1n) is 7.36. The highest BCUT2D eigenvalue weighted by molar-refractivity contribution is 5.94. The van der Waals surface area contributed by atoms with E-state index in [0.29, 0.717) is 16.8 Å². The largest absolute Gasteiger partial charge is 0.365 e. The Morgan fingerprint density at radius 1 is 1.30 bits per heavy atom. The van der Waals surface area contributed by atoms with Crippen LogP contribution in [0.4, 0.5) is 14.5 Å². The van der Waals surface area contributed by atoms with Crippen LogP contribution in [0.15, 0.2) is 18.2 Å². The number of amides is 1. The quantitative estimate of drug-likeness (QED) is 0.944. The fourth-order valence-corrected chi connectivity index (χ4v) is 2.41. The van der Waals surface area contributed by atoms with E-state index in [1.807, 2.05) is 20.8 Å². The molecule has 0 aliphatic rings. The zero-order valence-corrected chi connectivity index (χ0v) is 14.0. The summed E-state index contributed by atoms with van der Waals surface area (Å²) in [5, 5.41) is 3.35.